The molecule has 4 aromatic rings. The van der Waals surface area contributed by atoms with Crippen LogP contribution in [-0.2, 0) is 4.79 Å². The highest BCUT2D eigenvalue weighted by molar-refractivity contribution is 7.22. The van der Waals surface area contributed by atoms with Gasteiger partial charge in [0.1, 0.15) is 4.92 Å². The first-order valence-electron chi connectivity index (χ1n) is 9.72. The van der Waals surface area contributed by atoms with Crippen molar-refractivity contribution in [2.24, 2.45) is 5.10 Å². The highest BCUT2D eigenvalue weighted by Gasteiger charge is 2.18. The quantitative estimate of drug-likeness (QED) is 0.156. The Labute approximate surface area is 195 Å². The summed E-state index contributed by atoms with van der Waals surface area (Å²) in [6, 6.07) is 14.0. The van der Waals surface area contributed by atoms with E-state index < -0.39 is 21.6 Å². The molecule has 0 unspecified atom stereocenters. The second-order valence-electron chi connectivity index (χ2n) is 6.98. The van der Waals surface area contributed by atoms with E-state index in [1.807, 2.05) is 25.1 Å². The number of carbonyl (C=O) groups is 1. The maximum Gasteiger partial charge on any atom is 0.433 e. The molecule has 0 aliphatic heterocycles. The summed E-state index contributed by atoms with van der Waals surface area (Å²) in [5, 5.41) is 27.3. The monoisotopic (exact) mass is 477 g/mol. The number of aryl methyl sites for hydroxylation is 1. The van der Waals surface area contributed by atoms with Crippen LogP contribution >= 0.6 is 11.3 Å². The zero-order chi connectivity index (χ0) is 24.2. The van der Waals surface area contributed by atoms with Gasteiger partial charge in [-0.1, -0.05) is 29.5 Å². The molecule has 0 bridgehead atoms. The predicted octanol–water partition coefficient (Wildman–Crippen LogP) is 5.09. The molecule has 12 heteroatoms. The van der Waals surface area contributed by atoms with Crippen LogP contribution < -0.4 is 5.01 Å². The van der Waals surface area contributed by atoms with Crippen LogP contribution in [0.2, 0.25) is 0 Å². The number of non-ortho nitro benzene ring substituents is 1. The van der Waals surface area contributed by atoms with Crippen LogP contribution in [0.25, 0.3) is 16.3 Å². The standard InChI is InChI=1S/C22H15N5O6S/c1-14-5-8-18-19(11-14)34-22(24-18)25(23-13-17-7-10-21(33-17)27(31)32)20(28)9-6-15-3-2-4-16(12-15)26(29)30/h2-13H,1H3/b9-6+,23-13+. The van der Waals surface area contributed by atoms with Crippen molar-refractivity contribution in [3.8, 4) is 0 Å². The van der Waals surface area contributed by atoms with Gasteiger partial charge in [0.2, 0.25) is 5.13 Å². The lowest BCUT2D eigenvalue weighted by Gasteiger charge is -2.10. The van der Waals surface area contributed by atoms with Crippen molar-refractivity contribution in [3.63, 3.8) is 0 Å². The van der Waals surface area contributed by atoms with Crippen LogP contribution in [-0.4, -0.2) is 27.0 Å². The molecule has 0 fully saturated rings. The number of nitro benzene ring substituents is 1. The molecule has 2 heterocycles. The van der Waals surface area contributed by atoms with E-state index >= 15 is 0 Å². The van der Waals surface area contributed by atoms with Gasteiger partial charge in [-0.2, -0.15) is 10.1 Å². The number of benzene rings is 2. The molecule has 170 valence electrons. The summed E-state index contributed by atoms with van der Waals surface area (Å²) >= 11 is 1.24. The topological polar surface area (TPSA) is 145 Å². The SMILES string of the molecule is Cc1ccc2nc(N(/N=C/c3ccc([N+](=O)[O-])o3)C(=O)/C=C/c3cccc([N+](=O)[O-])c3)sc2c1. The van der Waals surface area contributed by atoms with Crippen LogP contribution in [0.15, 0.2) is 70.2 Å². The molecule has 4 rings (SSSR count). The molecular weight excluding hydrogens is 462 g/mol. The summed E-state index contributed by atoms with van der Waals surface area (Å²) in [5.41, 5.74) is 2.05. The maximum absolute atomic E-state index is 13.0. The number of rotatable bonds is 7. The van der Waals surface area contributed by atoms with Crippen LogP contribution in [0.4, 0.5) is 16.7 Å². The van der Waals surface area contributed by atoms with Crippen molar-refractivity contribution >= 4 is 56.5 Å². The number of furan rings is 1. The fourth-order valence-electron chi connectivity index (χ4n) is 2.92. The number of hydrogen-bond donors (Lipinski definition) is 0. The number of fused-ring (bicyclic) bond motifs is 1. The zero-order valence-corrected chi connectivity index (χ0v) is 18.3. The number of amides is 1. The van der Waals surface area contributed by atoms with Gasteiger partial charge in [0.05, 0.1) is 27.4 Å². The Bertz CT molecular complexity index is 1470. The average Bonchev–Trinajstić information content (AvgIpc) is 3.45. The number of nitro groups is 2. The van der Waals surface area contributed by atoms with Crippen LogP contribution in [0.3, 0.4) is 0 Å². The van der Waals surface area contributed by atoms with Gasteiger partial charge in [-0.3, -0.25) is 25.0 Å². The maximum atomic E-state index is 13.0. The lowest BCUT2D eigenvalue weighted by atomic mass is 10.2. The zero-order valence-electron chi connectivity index (χ0n) is 17.5. The number of anilines is 1. The van der Waals surface area contributed by atoms with Gasteiger partial charge in [-0.25, -0.2) is 4.98 Å². The number of hydrazone groups is 1. The van der Waals surface area contributed by atoms with Gasteiger partial charge < -0.3 is 4.42 Å². The Morgan fingerprint density at radius 2 is 1.94 bits per heavy atom. The molecule has 2 aromatic heterocycles. The molecule has 0 N–H and O–H groups in total. The average molecular weight is 477 g/mol. The highest BCUT2D eigenvalue weighted by atomic mass is 32.1. The summed E-state index contributed by atoms with van der Waals surface area (Å²) in [4.78, 5) is 38.1. The Hall–Kier alpha value is -4.71. The summed E-state index contributed by atoms with van der Waals surface area (Å²) < 4.78 is 5.91. The third kappa shape index (κ3) is 5.02. The van der Waals surface area contributed by atoms with Crippen molar-refractivity contribution in [2.45, 2.75) is 6.92 Å². The van der Waals surface area contributed by atoms with E-state index in [1.54, 1.807) is 6.07 Å². The van der Waals surface area contributed by atoms with Gasteiger partial charge in [-0.15, -0.1) is 0 Å². The molecule has 0 spiro atoms. The number of carbonyl (C=O) groups excluding carboxylic acids is 1. The van der Waals surface area contributed by atoms with Crippen molar-refractivity contribution in [3.05, 3.63) is 97.8 Å². The summed E-state index contributed by atoms with van der Waals surface area (Å²) in [7, 11) is 0. The summed E-state index contributed by atoms with van der Waals surface area (Å²) in [5.74, 6) is -0.968. The van der Waals surface area contributed by atoms with Gasteiger partial charge in [0.15, 0.2) is 5.76 Å². The largest absolute Gasteiger partial charge is 0.433 e. The van der Waals surface area contributed by atoms with E-state index in [0.717, 1.165) is 15.3 Å². The van der Waals surface area contributed by atoms with Crippen LogP contribution in [0.5, 0.6) is 0 Å². The van der Waals surface area contributed by atoms with Gasteiger partial charge in [-0.05, 0) is 42.3 Å². The Morgan fingerprint density at radius 3 is 2.68 bits per heavy atom. The van der Waals surface area contributed by atoms with Gasteiger partial charge >= 0.3 is 5.88 Å². The van der Waals surface area contributed by atoms with E-state index in [0.29, 0.717) is 11.1 Å². The molecule has 2 aromatic carbocycles. The Kier molecular flexibility index (Phi) is 6.23. The molecule has 0 radical (unpaired) electrons. The molecule has 0 saturated carbocycles. The number of nitrogens with zero attached hydrogens (tertiary/aromatic N) is 5. The van der Waals surface area contributed by atoms with E-state index in [1.165, 1.54) is 60.0 Å². The first kappa shape index (κ1) is 22.5. The summed E-state index contributed by atoms with van der Waals surface area (Å²) in [6.07, 6.45) is 3.80. The minimum atomic E-state index is -0.683. The van der Waals surface area contributed by atoms with Crippen molar-refractivity contribution in [2.75, 3.05) is 5.01 Å². The van der Waals surface area contributed by atoms with Crippen LogP contribution in [0.1, 0.15) is 16.9 Å². The first-order valence-corrected chi connectivity index (χ1v) is 10.5. The van der Waals surface area contributed by atoms with E-state index in [4.69, 9.17) is 4.42 Å². The Morgan fingerprint density at radius 1 is 1.12 bits per heavy atom. The fraction of sp³-hybridized carbons (Fsp3) is 0.0455. The number of hydrogen-bond acceptors (Lipinski definition) is 9. The second-order valence-corrected chi connectivity index (χ2v) is 7.99. The molecule has 0 aliphatic rings. The third-order valence-corrected chi connectivity index (χ3v) is 5.51. The van der Waals surface area contributed by atoms with Crippen molar-refractivity contribution in [1.29, 1.82) is 0 Å². The third-order valence-electron chi connectivity index (χ3n) is 4.51. The lowest BCUT2D eigenvalue weighted by Crippen LogP contribution is -2.23. The molecule has 0 saturated heterocycles. The molecule has 11 nitrogen and oxygen atoms in total. The van der Waals surface area contributed by atoms with E-state index in [9.17, 15) is 25.0 Å². The first-order chi connectivity index (χ1) is 16.3. The van der Waals surface area contributed by atoms with Gasteiger partial charge in [0, 0.05) is 18.2 Å². The molecule has 0 aliphatic carbocycles. The number of thiazole rings is 1. The van der Waals surface area contributed by atoms with Crippen molar-refractivity contribution < 1.29 is 19.1 Å². The van der Waals surface area contributed by atoms with Gasteiger partial charge in [0.25, 0.3) is 11.6 Å². The van der Waals surface area contributed by atoms with E-state index in [-0.39, 0.29) is 16.6 Å². The molecular formula is C22H15N5O6S. The molecule has 0 atom stereocenters. The molecule has 34 heavy (non-hydrogen) atoms. The second kappa shape index (κ2) is 9.42. The minimum absolute atomic E-state index is 0.0733. The summed E-state index contributed by atoms with van der Waals surface area (Å²) in [6.45, 7) is 1.94. The van der Waals surface area contributed by atoms with E-state index in [2.05, 4.69) is 10.1 Å². The number of aromatic nitrogens is 1. The predicted molar refractivity (Wildman–Crippen MR) is 127 cm³/mol. The Balaban J connectivity index is 1.67. The minimum Gasteiger partial charge on any atom is -0.400 e. The normalized spacial score (nSPS) is 11.4. The van der Waals surface area contributed by atoms with Crippen molar-refractivity contribution in [1.82, 2.24) is 4.98 Å². The highest BCUT2D eigenvalue weighted by Crippen LogP contribution is 2.30. The lowest BCUT2D eigenvalue weighted by molar-refractivity contribution is -0.402. The smallest absolute Gasteiger partial charge is 0.400 e. The van der Waals surface area contributed by atoms with Crippen LogP contribution in [0, 0.1) is 27.2 Å². The fourth-order valence-corrected chi connectivity index (χ4v) is 3.94. The molecule has 1 amide bonds.